The number of nitroso groups, excluding NO2 is 1. The molecule has 25 heavy (non-hydrogen) atoms. The summed E-state index contributed by atoms with van der Waals surface area (Å²) in [6.45, 7) is 4.21. The number of hydrogen-bond acceptors (Lipinski definition) is 4. The molecule has 1 heterocycles. The standard InChI is InChI=1S/C18H14Cl2N2O3/c1-2-9-25-14-6-4-3-5-11(14)10-22-17-12(16(21-24)18(22)23)7-8-13(19)15(17)20/h2-8,23H,1,9-10H2. The van der Waals surface area contributed by atoms with E-state index in [1.165, 1.54) is 4.57 Å². The van der Waals surface area contributed by atoms with Gasteiger partial charge in [-0.05, 0) is 23.4 Å². The van der Waals surface area contributed by atoms with Gasteiger partial charge in [0.2, 0.25) is 5.88 Å². The number of fused-ring (bicyclic) bond motifs is 1. The number of nitrogens with zero attached hydrogens (tertiary/aromatic N) is 2. The molecular weight excluding hydrogens is 363 g/mol. The van der Waals surface area contributed by atoms with Gasteiger partial charge in [-0.15, -0.1) is 4.91 Å². The summed E-state index contributed by atoms with van der Waals surface area (Å²) in [5, 5.41) is 14.4. The van der Waals surface area contributed by atoms with E-state index in [0.717, 1.165) is 5.56 Å². The Morgan fingerprint density at radius 3 is 2.72 bits per heavy atom. The fraction of sp³-hybridized carbons (Fsp3) is 0.111. The van der Waals surface area contributed by atoms with E-state index in [0.29, 0.717) is 28.3 Å². The SMILES string of the molecule is C=CCOc1ccccc1Cn1c(O)c(N=O)c2ccc(Cl)c(Cl)c21. The summed E-state index contributed by atoms with van der Waals surface area (Å²) in [5.74, 6) is 0.370. The molecule has 0 aliphatic carbocycles. The summed E-state index contributed by atoms with van der Waals surface area (Å²) < 4.78 is 7.14. The summed E-state index contributed by atoms with van der Waals surface area (Å²) in [6, 6.07) is 10.5. The average Bonchev–Trinajstić information content (AvgIpc) is 2.89. The molecule has 0 aliphatic rings. The third-order valence-electron chi connectivity index (χ3n) is 3.81. The smallest absolute Gasteiger partial charge is 0.222 e. The Labute approximate surface area is 154 Å². The molecule has 0 aliphatic heterocycles. The van der Waals surface area contributed by atoms with Crippen LogP contribution in [-0.4, -0.2) is 16.3 Å². The first kappa shape index (κ1) is 17.3. The van der Waals surface area contributed by atoms with Crippen LogP contribution in [0.4, 0.5) is 5.69 Å². The van der Waals surface area contributed by atoms with Gasteiger partial charge < -0.3 is 14.4 Å². The summed E-state index contributed by atoms with van der Waals surface area (Å²) in [7, 11) is 0. The summed E-state index contributed by atoms with van der Waals surface area (Å²) in [4.78, 5) is 11.2. The molecule has 0 spiro atoms. The summed E-state index contributed by atoms with van der Waals surface area (Å²) in [5.41, 5.74) is 1.17. The van der Waals surface area contributed by atoms with E-state index in [2.05, 4.69) is 11.8 Å². The topological polar surface area (TPSA) is 63.8 Å². The highest BCUT2D eigenvalue weighted by molar-refractivity contribution is 6.45. The highest BCUT2D eigenvalue weighted by Crippen LogP contribution is 2.44. The molecule has 0 amide bonds. The van der Waals surface area contributed by atoms with Crippen LogP contribution in [0.15, 0.2) is 54.2 Å². The minimum atomic E-state index is -0.271. The van der Waals surface area contributed by atoms with Crippen molar-refractivity contribution < 1.29 is 9.84 Å². The van der Waals surface area contributed by atoms with E-state index < -0.39 is 0 Å². The molecule has 0 unspecified atom stereocenters. The van der Waals surface area contributed by atoms with Crippen LogP contribution in [0.3, 0.4) is 0 Å². The van der Waals surface area contributed by atoms with Gasteiger partial charge in [-0.3, -0.25) is 0 Å². The van der Waals surface area contributed by atoms with Gasteiger partial charge in [0.05, 0.1) is 22.1 Å². The molecule has 0 bridgehead atoms. The lowest BCUT2D eigenvalue weighted by atomic mass is 10.2. The Morgan fingerprint density at radius 1 is 1.24 bits per heavy atom. The molecule has 0 saturated carbocycles. The van der Waals surface area contributed by atoms with Crippen LogP contribution >= 0.6 is 23.2 Å². The van der Waals surface area contributed by atoms with Crippen LogP contribution in [0.25, 0.3) is 10.9 Å². The molecule has 3 rings (SSSR count). The third-order valence-corrected chi connectivity index (χ3v) is 4.60. The first-order valence-electron chi connectivity index (χ1n) is 7.42. The summed E-state index contributed by atoms with van der Waals surface area (Å²) in [6.07, 6.45) is 1.64. The van der Waals surface area contributed by atoms with Crippen LogP contribution in [0.2, 0.25) is 10.0 Å². The Balaban J connectivity index is 2.17. The van der Waals surface area contributed by atoms with Gasteiger partial charge in [0.1, 0.15) is 12.4 Å². The van der Waals surface area contributed by atoms with Crippen molar-refractivity contribution in [3.63, 3.8) is 0 Å². The number of ether oxygens (including phenoxy) is 1. The molecule has 7 heteroatoms. The minimum Gasteiger partial charge on any atom is -0.493 e. The molecule has 3 aromatic rings. The van der Waals surface area contributed by atoms with Crippen molar-refractivity contribution in [1.82, 2.24) is 4.57 Å². The second kappa shape index (κ2) is 7.17. The lowest BCUT2D eigenvalue weighted by Gasteiger charge is -2.13. The quantitative estimate of drug-likeness (QED) is 0.445. The van der Waals surface area contributed by atoms with Crippen molar-refractivity contribution in [2.24, 2.45) is 5.18 Å². The first-order chi connectivity index (χ1) is 12.1. The molecule has 0 saturated heterocycles. The maximum atomic E-state index is 11.2. The Kier molecular flexibility index (Phi) is 4.97. The molecule has 1 aromatic heterocycles. The van der Waals surface area contributed by atoms with E-state index in [-0.39, 0.29) is 23.1 Å². The number of halogens is 2. The van der Waals surface area contributed by atoms with E-state index >= 15 is 0 Å². The van der Waals surface area contributed by atoms with E-state index in [9.17, 15) is 10.0 Å². The van der Waals surface area contributed by atoms with Gasteiger partial charge in [-0.25, -0.2) is 0 Å². The van der Waals surface area contributed by atoms with Gasteiger partial charge in [0.25, 0.3) is 0 Å². The largest absolute Gasteiger partial charge is 0.493 e. The van der Waals surface area contributed by atoms with E-state index in [1.807, 2.05) is 24.3 Å². The van der Waals surface area contributed by atoms with Crippen molar-refractivity contribution in [1.29, 1.82) is 0 Å². The Hall–Kier alpha value is -2.50. The zero-order chi connectivity index (χ0) is 18.0. The van der Waals surface area contributed by atoms with Gasteiger partial charge in [-0.2, -0.15) is 0 Å². The number of benzene rings is 2. The molecule has 5 nitrogen and oxygen atoms in total. The van der Waals surface area contributed by atoms with Crippen molar-refractivity contribution in [2.45, 2.75) is 6.54 Å². The zero-order valence-corrected chi connectivity index (χ0v) is 14.6. The monoisotopic (exact) mass is 376 g/mol. The van der Waals surface area contributed by atoms with Crippen LogP contribution in [0, 0.1) is 4.91 Å². The molecule has 1 N–H and O–H groups in total. The van der Waals surface area contributed by atoms with E-state index in [4.69, 9.17) is 27.9 Å². The molecule has 0 fully saturated rings. The van der Waals surface area contributed by atoms with Crippen molar-refractivity contribution in [3.05, 3.63) is 69.6 Å². The van der Waals surface area contributed by atoms with Crippen LogP contribution in [0.5, 0.6) is 11.6 Å². The molecule has 128 valence electrons. The van der Waals surface area contributed by atoms with Gasteiger partial charge in [0, 0.05) is 10.9 Å². The highest BCUT2D eigenvalue weighted by atomic mass is 35.5. The second-order valence-corrected chi connectivity index (χ2v) is 6.10. The third kappa shape index (κ3) is 3.08. The highest BCUT2D eigenvalue weighted by Gasteiger charge is 2.22. The number of aromatic hydroxyl groups is 1. The molecule has 2 aromatic carbocycles. The summed E-state index contributed by atoms with van der Waals surface area (Å²) >= 11 is 12.4. The average molecular weight is 377 g/mol. The predicted octanol–water partition coefficient (Wildman–Crippen LogP) is 5.66. The lowest BCUT2D eigenvalue weighted by molar-refractivity contribution is 0.357. The van der Waals surface area contributed by atoms with Gasteiger partial charge in [0.15, 0.2) is 5.69 Å². The first-order valence-corrected chi connectivity index (χ1v) is 8.18. The van der Waals surface area contributed by atoms with Crippen LogP contribution in [-0.2, 0) is 6.54 Å². The predicted molar refractivity (Wildman–Crippen MR) is 100 cm³/mol. The molecule has 0 radical (unpaired) electrons. The zero-order valence-electron chi connectivity index (χ0n) is 13.1. The number of aromatic nitrogens is 1. The van der Waals surface area contributed by atoms with Crippen LogP contribution < -0.4 is 4.74 Å². The normalized spacial score (nSPS) is 10.8. The molecule has 0 atom stereocenters. The fourth-order valence-corrected chi connectivity index (χ4v) is 3.11. The fourth-order valence-electron chi connectivity index (χ4n) is 2.69. The molecular formula is C18H14Cl2N2O3. The maximum absolute atomic E-state index is 11.2. The van der Waals surface area contributed by atoms with E-state index in [1.54, 1.807) is 18.2 Å². The number of hydrogen-bond donors (Lipinski definition) is 1. The maximum Gasteiger partial charge on any atom is 0.222 e. The van der Waals surface area contributed by atoms with Crippen molar-refractivity contribution in [3.8, 4) is 11.6 Å². The van der Waals surface area contributed by atoms with Gasteiger partial charge in [-0.1, -0.05) is 54.1 Å². The lowest BCUT2D eigenvalue weighted by Crippen LogP contribution is -2.03. The number of rotatable bonds is 6. The Bertz CT molecular complexity index is 967. The minimum absolute atomic E-state index is 0.0712. The Morgan fingerprint density at radius 2 is 2.00 bits per heavy atom. The second-order valence-electron chi connectivity index (χ2n) is 5.31. The van der Waals surface area contributed by atoms with Crippen molar-refractivity contribution in [2.75, 3.05) is 6.61 Å². The van der Waals surface area contributed by atoms with Gasteiger partial charge >= 0.3 is 0 Å². The number of para-hydroxylation sites is 1. The van der Waals surface area contributed by atoms with Crippen molar-refractivity contribution >= 4 is 39.8 Å². The van der Waals surface area contributed by atoms with Crippen LogP contribution in [0.1, 0.15) is 5.56 Å².